The van der Waals surface area contributed by atoms with E-state index in [1.165, 1.54) is 35.4 Å². The van der Waals surface area contributed by atoms with Crippen molar-refractivity contribution in [2.24, 2.45) is 0 Å². The van der Waals surface area contributed by atoms with Crippen LogP contribution < -0.4 is 20.1 Å². The van der Waals surface area contributed by atoms with Gasteiger partial charge in [-0.2, -0.15) is 0 Å². The molecule has 5 rings (SSSR count). The maximum atomic E-state index is 13.3. The molecule has 0 unspecified atom stereocenters. The normalized spacial score (nSPS) is 11.2. The molecule has 0 aliphatic rings. The maximum Gasteiger partial charge on any atom is 0.216 e. The number of benzene rings is 4. The van der Waals surface area contributed by atoms with Crippen molar-refractivity contribution in [2.75, 3.05) is 13.1 Å². The highest BCUT2D eigenvalue weighted by molar-refractivity contribution is 6.07. The van der Waals surface area contributed by atoms with E-state index >= 15 is 0 Å². The molecule has 6 nitrogen and oxygen atoms in total. The lowest BCUT2D eigenvalue weighted by Crippen LogP contribution is -2.30. The van der Waals surface area contributed by atoms with Crippen molar-refractivity contribution in [1.82, 2.24) is 15.6 Å². The summed E-state index contributed by atoms with van der Waals surface area (Å²) in [6, 6.07) is 24.9. The lowest BCUT2D eigenvalue weighted by molar-refractivity contribution is -0.118. The molecule has 1 amide bonds. The van der Waals surface area contributed by atoms with Gasteiger partial charge in [-0.05, 0) is 60.0 Å². The Morgan fingerprint density at radius 2 is 1.62 bits per heavy atom. The van der Waals surface area contributed by atoms with Crippen LogP contribution in [0.25, 0.3) is 21.8 Å². The first-order valence-corrected chi connectivity index (χ1v) is 13.0. The molecule has 7 heteroatoms. The minimum absolute atomic E-state index is 0.0550. The molecule has 0 aliphatic heterocycles. The van der Waals surface area contributed by atoms with Crippen molar-refractivity contribution in [3.05, 3.63) is 107 Å². The number of H-pyrrole nitrogens is 1. The fourth-order valence-electron chi connectivity index (χ4n) is 4.52. The van der Waals surface area contributed by atoms with E-state index in [9.17, 15) is 9.18 Å². The average Bonchev–Trinajstić information content (AvgIpc) is 3.28. The van der Waals surface area contributed by atoms with Gasteiger partial charge in [-0.15, -0.1) is 0 Å². The van der Waals surface area contributed by atoms with Gasteiger partial charge in [-0.1, -0.05) is 36.4 Å². The third-order valence-corrected chi connectivity index (χ3v) is 6.56. The predicted molar refractivity (Wildman–Crippen MR) is 152 cm³/mol. The number of aryl methyl sites for hydroxylation is 1. The van der Waals surface area contributed by atoms with Crippen LogP contribution in [0.1, 0.15) is 29.2 Å². The molecule has 200 valence electrons. The van der Waals surface area contributed by atoms with Crippen molar-refractivity contribution in [2.45, 2.75) is 33.6 Å². The van der Waals surface area contributed by atoms with E-state index in [-0.39, 0.29) is 11.7 Å². The molecule has 39 heavy (non-hydrogen) atoms. The zero-order chi connectivity index (χ0) is 27.2. The highest BCUT2D eigenvalue weighted by Crippen LogP contribution is 2.29. The summed E-state index contributed by atoms with van der Waals surface area (Å²) in [7, 11) is 0. The summed E-state index contributed by atoms with van der Waals surface area (Å²) in [5.74, 6) is 1.05. The third kappa shape index (κ3) is 6.75. The van der Waals surface area contributed by atoms with E-state index in [1.54, 1.807) is 12.1 Å². The number of fused-ring (bicyclic) bond motifs is 3. The zero-order valence-electron chi connectivity index (χ0n) is 22.1. The summed E-state index contributed by atoms with van der Waals surface area (Å²) in [6.07, 6.45) is 0. The van der Waals surface area contributed by atoms with Gasteiger partial charge in [0.05, 0.1) is 0 Å². The van der Waals surface area contributed by atoms with Gasteiger partial charge in [0.1, 0.15) is 30.5 Å². The van der Waals surface area contributed by atoms with Gasteiger partial charge in [0.15, 0.2) is 0 Å². The molecule has 1 heterocycles. The Kier molecular flexibility index (Phi) is 8.08. The van der Waals surface area contributed by atoms with Crippen LogP contribution in [0.5, 0.6) is 11.5 Å². The number of hydrogen-bond acceptors (Lipinski definition) is 4. The fraction of sp³-hybridized carbons (Fsp3) is 0.219. The zero-order valence-corrected chi connectivity index (χ0v) is 22.1. The van der Waals surface area contributed by atoms with Crippen LogP contribution in [0.15, 0.2) is 78.9 Å². The van der Waals surface area contributed by atoms with E-state index in [1.807, 2.05) is 18.2 Å². The molecule has 0 atom stereocenters. The van der Waals surface area contributed by atoms with Crippen molar-refractivity contribution in [1.29, 1.82) is 0 Å². The lowest BCUT2D eigenvalue weighted by Gasteiger charge is -2.15. The summed E-state index contributed by atoms with van der Waals surface area (Å²) >= 11 is 0. The van der Waals surface area contributed by atoms with Gasteiger partial charge in [0.25, 0.3) is 0 Å². The number of hydrogen-bond donors (Lipinski definition) is 3. The van der Waals surface area contributed by atoms with E-state index in [0.29, 0.717) is 44.3 Å². The monoisotopic (exact) mass is 525 g/mol. The fourth-order valence-corrected chi connectivity index (χ4v) is 4.52. The Morgan fingerprint density at radius 3 is 2.44 bits per heavy atom. The molecule has 1 aromatic heterocycles. The van der Waals surface area contributed by atoms with Crippen LogP contribution in [-0.4, -0.2) is 24.0 Å². The number of carbonyl (C=O) groups is 1. The van der Waals surface area contributed by atoms with Gasteiger partial charge in [-0.3, -0.25) is 4.79 Å². The Balaban J connectivity index is 1.29. The van der Waals surface area contributed by atoms with Crippen LogP contribution in [0.3, 0.4) is 0 Å². The molecule has 0 radical (unpaired) electrons. The van der Waals surface area contributed by atoms with E-state index in [0.717, 1.165) is 27.7 Å². The second-order valence-electron chi connectivity index (χ2n) is 9.69. The largest absolute Gasteiger partial charge is 0.489 e. The average molecular weight is 526 g/mol. The first kappa shape index (κ1) is 26.3. The van der Waals surface area contributed by atoms with Crippen molar-refractivity contribution < 1.29 is 18.7 Å². The Labute approximate surface area is 227 Å². The van der Waals surface area contributed by atoms with Crippen LogP contribution in [0.4, 0.5) is 4.39 Å². The van der Waals surface area contributed by atoms with Gasteiger partial charge in [0.2, 0.25) is 5.91 Å². The number of nitrogens with one attached hydrogen (secondary N) is 3. The smallest absolute Gasteiger partial charge is 0.216 e. The summed E-state index contributed by atoms with van der Waals surface area (Å²) in [6.45, 7) is 6.05. The third-order valence-electron chi connectivity index (χ3n) is 6.56. The number of carbonyl (C=O) groups excluding carboxylic acids is 1. The highest BCUT2D eigenvalue weighted by atomic mass is 19.1. The van der Waals surface area contributed by atoms with E-state index in [4.69, 9.17) is 9.47 Å². The van der Waals surface area contributed by atoms with Crippen molar-refractivity contribution in [3.63, 3.8) is 0 Å². The first-order chi connectivity index (χ1) is 18.9. The number of amides is 1. The molecule has 0 aliphatic carbocycles. The summed E-state index contributed by atoms with van der Waals surface area (Å²) in [4.78, 5) is 14.6. The van der Waals surface area contributed by atoms with Crippen LogP contribution in [-0.2, 0) is 24.6 Å². The minimum atomic E-state index is -0.279. The van der Waals surface area contributed by atoms with Crippen LogP contribution >= 0.6 is 0 Å². The Morgan fingerprint density at radius 1 is 0.821 bits per heavy atom. The summed E-state index contributed by atoms with van der Waals surface area (Å²) in [5, 5.41) is 8.47. The quantitative estimate of drug-likeness (QED) is 0.181. The summed E-state index contributed by atoms with van der Waals surface area (Å²) < 4.78 is 25.6. The van der Waals surface area contributed by atoms with Gasteiger partial charge in [-0.25, -0.2) is 4.39 Å². The van der Waals surface area contributed by atoms with Crippen LogP contribution in [0.2, 0.25) is 0 Å². The molecule has 0 spiro atoms. The van der Waals surface area contributed by atoms with Crippen molar-refractivity contribution >= 4 is 27.7 Å². The first-order valence-electron chi connectivity index (χ1n) is 13.0. The SMILES string of the molecule is CC(=O)NCCNCc1ccc(OCc2ccc3[nH]c4cc(C)ccc4c3c2)cc1OCc1ccc(F)cc1. The molecular formula is C32H32FN3O3. The molecule has 0 bridgehead atoms. The predicted octanol–water partition coefficient (Wildman–Crippen LogP) is 6.15. The molecule has 0 fully saturated rings. The molecule has 0 saturated heterocycles. The van der Waals surface area contributed by atoms with E-state index in [2.05, 4.69) is 58.9 Å². The number of halogens is 1. The molecule has 4 aromatic carbocycles. The topological polar surface area (TPSA) is 75.4 Å². The number of rotatable bonds is 11. The van der Waals surface area contributed by atoms with E-state index < -0.39 is 0 Å². The number of aromatic amines is 1. The molecule has 0 saturated carbocycles. The Hall–Kier alpha value is -4.36. The molecular weight excluding hydrogens is 493 g/mol. The highest BCUT2D eigenvalue weighted by Gasteiger charge is 2.10. The van der Waals surface area contributed by atoms with Crippen molar-refractivity contribution in [3.8, 4) is 11.5 Å². The minimum Gasteiger partial charge on any atom is -0.489 e. The van der Waals surface area contributed by atoms with Gasteiger partial charge < -0.3 is 25.1 Å². The molecule has 5 aromatic rings. The standard InChI is InChI=1S/C32H32FN3O3/c1-21-3-11-28-29-16-24(6-12-30(29)36-31(28)15-21)20-38-27-10-7-25(18-34-13-14-35-22(2)37)32(17-27)39-19-23-4-8-26(33)9-5-23/h3-12,15-17,34,36H,13-14,18-20H2,1-2H3,(H,35,37). The second kappa shape index (κ2) is 12.0. The summed E-state index contributed by atoms with van der Waals surface area (Å²) in [5.41, 5.74) is 6.36. The van der Waals surface area contributed by atoms with Gasteiger partial charge in [0, 0.05) is 60.0 Å². The van der Waals surface area contributed by atoms with Gasteiger partial charge >= 0.3 is 0 Å². The lowest BCUT2D eigenvalue weighted by atomic mass is 10.1. The number of ether oxygens (including phenoxy) is 2. The molecule has 3 N–H and O–H groups in total. The second-order valence-corrected chi connectivity index (χ2v) is 9.69. The van der Waals surface area contributed by atoms with Crippen LogP contribution in [0, 0.1) is 12.7 Å². The number of aromatic nitrogens is 1. The maximum absolute atomic E-state index is 13.3. The Bertz CT molecular complexity index is 1590.